The second-order valence-corrected chi connectivity index (χ2v) is 9.08. The minimum atomic E-state index is 0.522. The molecule has 6 heteroatoms. The molecule has 182 valence electrons. The number of para-hydroxylation sites is 1. The Kier molecular flexibility index (Phi) is 9.98. The number of halogens is 2. The summed E-state index contributed by atoms with van der Waals surface area (Å²) in [6.45, 7) is 14.7. The minimum Gasteiger partial charge on any atom is -0.383 e. The van der Waals surface area contributed by atoms with Crippen molar-refractivity contribution in [2.24, 2.45) is 10.7 Å². The number of nitrogens with zero attached hydrogens (tertiary/aromatic N) is 2. The number of hydrogen-bond acceptors (Lipinski definition) is 4. The van der Waals surface area contributed by atoms with Gasteiger partial charge in [0, 0.05) is 53.2 Å². The molecule has 0 aromatic heterocycles. The average Bonchev–Trinajstić information content (AvgIpc) is 2.87. The minimum absolute atomic E-state index is 0.522. The Hall–Kier alpha value is -3.05. The summed E-state index contributed by atoms with van der Waals surface area (Å²) in [5.41, 5.74) is 12.6. The Balaban J connectivity index is 1.61. The van der Waals surface area contributed by atoms with Gasteiger partial charge in [-0.15, -0.1) is 0 Å². The molecule has 0 amide bonds. The standard InChI is InChI=1S/C29H32Cl2N4/c1-21(27-9-4-5-10-29(27)33-3)34-16-18-35(17-15-32)22(2)25-14-13-24(28(31)20-25)12-11-23-7-6-8-26(30)19-23/h4-10,13-14,19-20,34H,1-3,11-12,15-18,32H2. The van der Waals surface area contributed by atoms with Gasteiger partial charge >= 0.3 is 0 Å². The predicted molar refractivity (Wildman–Crippen MR) is 153 cm³/mol. The maximum Gasteiger partial charge on any atom is 0.0715 e. The summed E-state index contributed by atoms with van der Waals surface area (Å²) in [7, 11) is 0. The molecule has 3 aromatic carbocycles. The normalized spacial score (nSPS) is 10.6. The molecule has 0 spiro atoms. The largest absolute Gasteiger partial charge is 0.383 e. The molecule has 3 aromatic rings. The van der Waals surface area contributed by atoms with Gasteiger partial charge in [-0.2, -0.15) is 0 Å². The van der Waals surface area contributed by atoms with E-state index >= 15 is 0 Å². The lowest BCUT2D eigenvalue weighted by atomic mass is 10.0. The van der Waals surface area contributed by atoms with E-state index < -0.39 is 0 Å². The molecule has 0 radical (unpaired) electrons. The van der Waals surface area contributed by atoms with Crippen LogP contribution in [-0.2, 0) is 12.8 Å². The third kappa shape index (κ3) is 7.46. The van der Waals surface area contributed by atoms with E-state index in [1.807, 2.05) is 48.5 Å². The summed E-state index contributed by atoms with van der Waals surface area (Å²) >= 11 is 12.7. The van der Waals surface area contributed by atoms with Crippen LogP contribution in [0.15, 0.2) is 84.9 Å². The van der Waals surface area contributed by atoms with E-state index in [1.54, 1.807) is 0 Å². The Morgan fingerprint density at radius 2 is 1.74 bits per heavy atom. The van der Waals surface area contributed by atoms with E-state index in [0.29, 0.717) is 26.2 Å². The van der Waals surface area contributed by atoms with Gasteiger partial charge in [0.2, 0.25) is 0 Å². The molecule has 4 nitrogen and oxygen atoms in total. The van der Waals surface area contributed by atoms with Gasteiger partial charge in [0.15, 0.2) is 0 Å². The molecular formula is C29H32Cl2N4. The van der Waals surface area contributed by atoms with Crippen molar-refractivity contribution in [3.63, 3.8) is 0 Å². The van der Waals surface area contributed by atoms with Crippen LogP contribution in [0.4, 0.5) is 5.69 Å². The molecule has 0 aliphatic carbocycles. The molecule has 0 saturated carbocycles. The van der Waals surface area contributed by atoms with Crippen molar-refractivity contribution in [2.45, 2.75) is 12.8 Å². The number of hydrogen-bond donors (Lipinski definition) is 2. The SMILES string of the molecule is C=Nc1ccccc1C(=C)NCCN(CCN)C(=C)c1ccc(CCc2cccc(Cl)c2)c(Cl)c1. The number of rotatable bonds is 13. The van der Waals surface area contributed by atoms with Gasteiger partial charge in [-0.05, 0) is 60.5 Å². The fraction of sp³-hybridized carbons (Fsp3) is 0.207. The molecule has 0 atom stereocenters. The van der Waals surface area contributed by atoms with Crippen LogP contribution >= 0.6 is 23.2 Å². The van der Waals surface area contributed by atoms with E-state index in [2.05, 4.69) is 53.3 Å². The molecule has 0 aliphatic heterocycles. The van der Waals surface area contributed by atoms with Crippen LogP contribution in [0.2, 0.25) is 10.0 Å². The van der Waals surface area contributed by atoms with Gasteiger partial charge in [-0.3, -0.25) is 4.99 Å². The van der Waals surface area contributed by atoms with E-state index in [1.165, 1.54) is 5.56 Å². The molecule has 0 heterocycles. The first-order valence-electron chi connectivity index (χ1n) is 11.6. The smallest absolute Gasteiger partial charge is 0.0715 e. The van der Waals surface area contributed by atoms with Gasteiger partial charge in [-0.25, -0.2) is 0 Å². The van der Waals surface area contributed by atoms with Crippen molar-refractivity contribution in [3.8, 4) is 0 Å². The van der Waals surface area contributed by atoms with Crippen LogP contribution in [0.5, 0.6) is 0 Å². The fourth-order valence-electron chi connectivity index (χ4n) is 3.92. The summed E-state index contributed by atoms with van der Waals surface area (Å²) in [6, 6.07) is 21.8. The van der Waals surface area contributed by atoms with Crippen molar-refractivity contribution < 1.29 is 0 Å². The maximum absolute atomic E-state index is 6.65. The average molecular weight is 508 g/mol. The number of nitrogens with two attached hydrogens (primary N) is 1. The zero-order valence-corrected chi connectivity index (χ0v) is 21.5. The lowest BCUT2D eigenvalue weighted by Gasteiger charge is -2.27. The van der Waals surface area contributed by atoms with Crippen LogP contribution in [0.3, 0.4) is 0 Å². The zero-order valence-electron chi connectivity index (χ0n) is 19.9. The highest BCUT2D eigenvalue weighted by atomic mass is 35.5. The molecule has 0 aliphatic rings. The van der Waals surface area contributed by atoms with Crippen molar-refractivity contribution in [1.29, 1.82) is 0 Å². The van der Waals surface area contributed by atoms with E-state index in [0.717, 1.165) is 56.7 Å². The predicted octanol–water partition coefficient (Wildman–Crippen LogP) is 6.60. The summed E-state index contributed by atoms with van der Waals surface area (Å²) in [5, 5.41) is 4.87. The van der Waals surface area contributed by atoms with Crippen LogP contribution in [0.1, 0.15) is 22.3 Å². The Morgan fingerprint density at radius 1 is 0.943 bits per heavy atom. The van der Waals surface area contributed by atoms with Gasteiger partial charge in [-0.1, -0.05) is 78.8 Å². The maximum atomic E-state index is 6.65. The van der Waals surface area contributed by atoms with Gasteiger partial charge in [0.25, 0.3) is 0 Å². The first-order valence-corrected chi connectivity index (χ1v) is 12.3. The fourth-order valence-corrected chi connectivity index (χ4v) is 4.41. The Bertz CT molecular complexity index is 1190. The number of nitrogens with one attached hydrogen (secondary N) is 1. The van der Waals surface area contributed by atoms with Crippen molar-refractivity contribution >= 4 is 47.0 Å². The van der Waals surface area contributed by atoms with Crippen LogP contribution in [0, 0.1) is 0 Å². The molecule has 3 N–H and O–H groups in total. The highest BCUT2D eigenvalue weighted by Crippen LogP contribution is 2.26. The molecular weight excluding hydrogens is 475 g/mol. The van der Waals surface area contributed by atoms with Gasteiger partial charge in [0.1, 0.15) is 0 Å². The lowest BCUT2D eigenvalue weighted by Crippen LogP contribution is -2.33. The van der Waals surface area contributed by atoms with Crippen LogP contribution in [0.25, 0.3) is 11.4 Å². The summed E-state index contributed by atoms with van der Waals surface area (Å²) < 4.78 is 0. The summed E-state index contributed by atoms with van der Waals surface area (Å²) in [4.78, 5) is 6.23. The van der Waals surface area contributed by atoms with E-state index in [9.17, 15) is 0 Å². The molecule has 0 fully saturated rings. The second kappa shape index (κ2) is 13.1. The Morgan fingerprint density at radius 3 is 2.46 bits per heavy atom. The quantitative estimate of drug-likeness (QED) is 0.256. The van der Waals surface area contributed by atoms with Crippen LogP contribution in [-0.4, -0.2) is 37.8 Å². The number of benzene rings is 3. The van der Waals surface area contributed by atoms with Crippen molar-refractivity contribution in [1.82, 2.24) is 10.2 Å². The molecule has 3 rings (SSSR count). The third-order valence-electron chi connectivity index (χ3n) is 5.86. The highest BCUT2D eigenvalue weighted by Gasteiger charge is 2.12. The summed E-state index contributed by atoms with van der Waals surface area (Å²) in [6.07, 6.45) is 1.71. The van der Waals surface area contributed by atoms with Gasteiger partial charge in [0.05, 0.1) is 5.69 Å². The van der Waals surface area contributed by atoms with Crippen molar-refractivity contribution in [3.05, 3.63) is 112 Å². The monoisotopic (exact) mass is 506 g/mol. The number of aliphatic imine (C=N–C) groups is 1. The van der Waals surface area contributed by atoms with Crippen LogP contribution < -0.4 is 11.1 Å². The first kappa shape index (κ1) is 26.6. The van der Waals surface area contributed by atoms with E-state index in [4.69, 9.17) is 28.9 Å². The van der Waals surface area contributed by atoms with Crippen molar-refractivity contribution in [2.75, 3.05) is 26.2 Å². The molecule has 0 bridgehead atoms. The van der Waals surface area contributed by atoms with E-state index in [-0.39, 0.29) is 0 Å². The lowest BCUT2D eigenvalue weighted by molar-refractivity contribution is 0.409. The zero-order chi connectivity index (χ0) is 25.2. The first-order chi connectivity index (χ1) is 16.9. The second-order valence-electron chi connectivity index (χ2n) is 8.24. The third-order valence-corrected chi connectivity index (χ3v) is 6.45. The Labute approximate surface area is 218 Å². The molecule has 0 saturated heterocycles. The molecule has 0 unspecified atom stereocenters. The highest BCUT2D eigenvalue weighted by molar-refractivity contribution is 6.31. The molecule has 35 heavy (non-hydrogen) atoms. The number of aryl methyl sites for hydroxylation is 2. The van der Waals surface area contributed by atoms with Gasteiger partial charge < -0.3 is 16.0 Å². The summed E-state index contributed by atoms with van der Waals surface area (Å²) in [5.74, 6) is 0. The topological polar surface area (TPSA) is 53.7 Å².